The van der Waals surface area contributed by atoms with Crippen molar-refractivity contribution in [2.45, 2.75) is 26.7 Å². The normalized spacial score (nSPS) is 10.4. The van der Waals surface area contributed by atoms with Gasteiger partial charge >= 0.3 is 0 Å². The number of rotatable bonds is 5. The second-order valence-electron chi connectivity index (χ2n) is 3.59. The average molecular weight is 291 g/mol. The molecule has 1 nitrogen and oxygen atoms in total. The molecule has 0 aromatic heterocycles. The molecule has 0 unspecified atom stereocenters. The SMILES string of the molecule is CCCN(CCC)c1ccc(Cl)c(Br)c1. The van der Waals surface area contributed by atoms with E-state index in [0.29, 0.717) is 0 Å². The van der Waals surface area contributed by atoms with Crippen molar-refractivity contribution < 1.29 is 0 Å². The quantitative estimate of drug-likeness (QED) is 0.758. The highest BCUT2D eigenvalue weighted by molar-refractivity contribution is 9.10. The number of halogens is 2. The number of hydrogen-bond acceptors (Lipinski definition) is 1. The van der Waals surface area contributed by atoms with Crippen molar-refractivity contribution in [1.29, 1.82) is 0 Å². The van der Waals surface area contributed by atoms with E-state index in [9.17, 15) is 0 Å². The summed E-state index contributed by atoms with van der Waals surface area (Å²) in [6.07, 6.45) is 2.33. The summed E-state index contributed by atoms with van der Waals surface area (Å²) in [7, 11) is 0. The smallest absolute Gasteiger partial charge is 0.0549 e. The van der Waals surface area contributed by atoms with Gasteiger partial charge in [0.2, 0.25) is 0 Å². The Balaban J connectivity index is 2.85. The molecule has 0 heterocycles. The topological polar surface area (TPSA) is 3.24 Å². The van der Waals surface area contributed by atoms with Crippen LogP contribution in [0.1, 0.15) is 26.7 Å². The zero-order chi connectivity index (χ0) is 11.3. The molecule has 15 heavy (non-hydrogen) atoms. The van der Waals surface area contributed by atoms with Crippen molar-refractivity contribution >= 4 is 33.2 Å². The highest BCUT2D eigenvalue weighted by atomic mass is 79.9. The summed E-state index contributed by atoms with van der Waals surface area (Å²) in [6.45, 7) is 6.60. The second kappa shape index (κ2) is 6.39. The van der Waals surface area contributed by atoms with Gasteiger partial charge in [-0.2, -0.15) is 0 Å². The molecule has 0 atom stereocenters. The molecular formula is C12H17BrClN. The second-order valence-corrected chi connectivity index (χ2v) is 4.85. The van der Waals surface area contributed by atoms with E-state index < -0.39 is 0 Å². The lowest BCUT2D eigenvalue weighted by atomic mass is 10.2. The molecule has 0 N–H and O–H groups in total. The molecule has 0 amide bonds. The van der Waals surface area contributed by atoms with Gasteiger partial charge < -0.3 is 4.90 Å². The Bertz CT molecular complexity index is 308. The van der Waals surface area contributed by atoms with Gasteiger partial charge in [0, 0.05) is 23.2 Å². The maximum absolute atomic E-state index is 5.97. The van der Waals surface area contributed by atoms with Gasteiger partial charge in [-0.15, -0.1) is 0 Å². The summed E-state index contributed by atoms with van der Waals surface area (Å²) in [5.41, 5.74) is 1.25. The van der Waals surface area contributed by atoms with Crippen LogP contribution in [0.25, 0.3) is 0 Å². The van der Waals surface area contributed by atoms with Crippen molar-refractivity contribution in [1.82, 2.24) is 0 Å². The first-order valence-corrected chi connectivity index (χ1v) is 6.56. The molecule has 0 spiro atoms. The largest absolute Gasteiger partial charge is 0.372 e. The average Bonchev–Trinajstić information content (AvgIpc) is 2.22. The summed E-state index contributed by atoms with van der Waals surface area (Å²) < 4.78 is 0.971. The van der Waals surface area contributed by atoms with E-state index in [1.807, 2.05) is 6.07 Å². The molecule has 0 aliphatic heterocycles. The van der Waals surface area contributed by atoms with E-state index in [4.69, 9.17) is 11.6 Å². The Kier molecular flexibility index (Phi) is 5.48. The van der Waals surface area contributed by atoms with Crippen molar-refractivity contribution in [2.75, 3.05) is 18.0 Å². The molecule has 3 heteroatoms. The fraction of sp³-hybridized carbons (Fsp3) is 0.500. The number of nitrogens with zero attached hydrogens (tertiary/aromatic N) is 1. The van der Waals surface area contributed by atoms with Gasteiger partial charge in [0.25, 0.3) is 0 Å². The van der Waals surface area contributed by atoms with Crippen LogP contribution in [0, 0.1) is 0 Å². The lowest BCUT2D eigenvalue weighted by Gasteiger charge is -2.24. The first-order valence-electron chi connectivity index (χ1n) is 5.39. The van der Waals surface area contributed by atoms with Crippen LogP contribution in [0.3, 0.4) is 0 Å². The molecule has 84 valence electrons. The lowest BCUT2D eigenvalue weighted by Crippen LogP contribution is -2.24. The maximum atomic E-state index is 5.97. The van der Waals surface area contributed by atoms with Gasteiger partial charge in [-0.25, -0.2) is 0 Å². The monoisotopic (exact) mass is 289 g/mol. The van der Waals surface area contributed by atoms with Gasteiger partial charge in [0.15, 0.2) is 0 Å². The highest BCUT2D eigenvalue weighted by Gasteiger charge is 2.06. The van der Waals surface area contributed by atoms with E-state index in [0.717, 1.165) is 22.6 Å². The first-order chi connectivity index (χ1) is 7.19. The molecule has 0 aliphatic carbocycles. The zero-order valence-corrected chi connectivity index (χ0v) is 11.6. The molecule has 1 aromatic carbocycles. The highest BCUT2D eigenvalue weighted by Crippen LogP contribution is 2.27. The molecule has 0 saturated heterocycles. The minimum atomic E-state index is 0.770. The van der Waals surface area contributed by atoms with Crippen molar-refractivity contribution in [3.05, 3.63) is 27.7 Å². The summed E-state index contributed by atoms with van der Waals surface area (Å²) in [5, 5.41) is 0.770. The molecule has 0 radical (unpaired) electrons. The lowest BCUT2D eigenvalue weighted by molar-refractivity contribution is 0.745. The van der Waals surface area contributed by atoms with E-state index in [2.05, 4.69) is 46.8 Å². The van der Waals surface area contributed by atoms with Crippen LogP contribution in [0.5, 0.6) is 0 Å². The molecule has 0 saturated carbocycles. The van der Waals surface area contributed by atoms with Gasteiger partial charge in [-0.05, 0) is 47.0 Å². The number of anilines is 1. The Morgan fingerprint density at radius 3 is 2.27 bits per heavy atom. The Hall–Kier alpha value is -0.210. The van der Waals surface area contributed by atoms with Crippen molar-refractivity contribution in [3.8, 4) is 0 Å². The molecule has 0 bridgehead atoms. The third-order valence-electron chi connectivity index (χ3n) is 2.26. The van der Waals surface area contributed by atoms with Gasteiger partial charge in [0.05, 0.1) is 5.02 Å². The molecular weight excluding hydrogens is 273 g/mol. The van der Waals surface area contributed by atoms with E-state index >= 15 is 0 Å². The summed E-state index contributed by atoms with van der Waals surface area (Å²) >= 11 is 9.43. The molecule has 1 aromatic rings. The predicted molar refractivity (Wildman–Crippen MR) is 71.9 cm³/mol. The van der Waals surface area contributed by atoms with Crippen LogP contribution in [-0.4, -0.2) is 13.1 Å². The Labute approximate surface area is 106 Å². The number of hydrogen-bond donors (Lipinski definition) is 0. The third-order valence-corrected chi connectivity index (χ3v) is 3.47. The van der Waals surface area contributed by atoms with E-state index in [1.54, 1.807) is 0 Å². The van der Waals surface area contributed by atoms with Crippen LogP contribution in [-0.2, 0) is 0 Å². The third kappa shape index (κ3) is 3.69. The maximum Gasteiger partial charge on any atom is 0.0549 e. The zero-order valence-electron chi connectivity index (χ0n) is 9.26. The number of benzene rings is 1. The molecule has 0 aliphatic rings. The van der Waals surface area contributed by atoms with Gasteiger partial charge in [0.1, 0.15) is 0 Å². The van der Waals surface area contributed by atoms with Crippen molar-refractivity contribution in [2.24, 2.45) is 0 Å². The van der Waals surface area contributed by atoms with Gasteiger partial charge in [-0.3, -0.25) is 0 Å². The minimum absolute atomic E-state index is 0.770. The minimum Gasteiger partial charge on any atom is -0.372 e. The standard InChI is InChI=1S/C12H17BrClN/c1-3-7-15(8-4-2)10-5-6-12(14)11(13)9-10/h5-6,9H,3-4,7-8H2,1-2H3. The van der Waals surface area contributed by atoms with Crippen LogP contribution in [0.2, 0.25) is 5.02 Å². The Morgan fingerprint density at radius 2 is 1.80 bits per heavy atom. The summed E-state index contributed by atoms with van der Waals surface area (Å²) in [4.78, 5) is 2.39. The Morgan fingerprint density at radius 1 is 1.20 bits per heavy atom. The van der Waals surface area contributed by atoms with Crippen LogP contribution in [0.15, 0.2) is 22.7 Å². The van der Waals surface area contributed by atoms with E-state index in [-0.39, 0.29) is 0 Å². The van der Waals surface area contributed by atoms with Crippen molar-refractivity contribution in [3.63, 3.8) is 0 Å². The molecule has 0 fully saturated rings. The predicted octanol–water partition coefficient (Wildman–Crippen LogP) is 4.73. The van der Waals surface area contributed by atoms with Gasteiger partial charge in [-0.1, -0.05) is 25.4 Å². The fourth-order valence-corrected chi connectivity index (χ4v) is 2.08. The summed E-state index contributed by atoms with van der Waals surface area (Å²) in [5.74, 6) is 0. The first kappa shape index (κ1) is 12.9. The van der Waals surface area contributed by atoms with Crippen LogP contribution >= 0.6 is 27.5 Å². The van der Waals surface area contributed by atoms with Crippen LogP contribution < -0.4 is 4.90 Å². The van der Waals surface area contributed by atoms with Crippen LogP contribution in [0.4, 0.5) is 5.69 Å². The fourth-order valence-electron chi connectivity index (χ4n) is 1.59. The van der Waals surface area contributed by atoms with E-state index in [1.165, 1.54) is 18.5 Å². The summed E-state index contributed by atoms with van der Waals surface area (Å²) in [6, 6.07) is 6.12. The molecule has 1 rings (SSSR count).